The van der Waals surface area contributed by atoms with E-state index in [9.17, 15) is 8.42 Å². The molecule has 0 N–H and O–H groups in total. The standard InChI is InChI=1S/C12H15ClO4S/c13-18(14,15)12-3-1-11(2-4-12)17-9-10-5-7-16-8-6-10/h1-4,10H,5-9H2. The molecule has 1 saturated heterocycles. The van der Waals surface area contributed by atoms with Gasteiger partial charge in [-0.25, -0.2) is 8.42 Å². The van der Waals surface area contributed by atoms with Crippen molar-refractivity contribution in [1.82, 2.24) is 0 Å². The second kappa shape index (κ2) is 5.91. The highest BCUT2D eigenvalue weighted by molar-refractivity contribution is 8.13. The van der Waals surface area contributed by atoms with E-state index in [0.29, 0.717) is 18.3 Å². The first kappa shape index (κ1) is 13.6. The van der Waals surface area contributed by atoms with Crippen LogP contribution in [-0.2, 0) is 13.8 Å². The van der Waals surface area contributed by atoms with Gasteiger partial charge >= 0.3 is 0 Å². The number of halogens is 1. The van der Waals surface area contributed by atoms with Gasteiger partial charge in [-0.05, 0) is 43.0 Å². The molecule has 1 aliphatic heterocycles. The van der Waals surface area contributed by atoms with Crippen LogP contribution in [0.1, 0.15) is 12.8 Å². The highest BCUT2D eigenvalue weighted by atomic mass is 35.7. The van der Waals surface area contributed by atoms with Crippen LogP contribution in [0.2, 0.25) is 0 Å². The normalized spacial score (nSPS) is 17.6. The molecular weight excluding hydrogens is 276 g/mol. The minimum absolute atomic E-state index is 0.0857. The first-order valence-electron chi connectivity index (χ1n) is 5.81. The molecule has 0 aliphatic carbocycles. The van der Waals surface area contributed by atoms with Crippen LogP contribution in [0.3, 0.4) is 0 Å². The molecule has 0 spiro atoms. The molecule has 0 atom stereocenters. The minimum atomic E-state index is -3.65. The van der Waals surface area contributed by atoms with E-state index in [1.165, 1.54) is 12.1 Å². The van der Waals surface area contributed by atoms with Crippen LogP contribution in [0.25, 0.3) is 0 Å². The molecule has 18 heavy (non-hydrogen) atoms. The third-order valence-corrected chi connectivity index (χ3v) is 4.30. The van der Waals surface area contributed by atoms with Crippen molar-refractivity contribution >= 4 is 19.7 Å². The van der Waals surface area contributed by atoms with Gasteiger partial charge in [0.2, 0.25) is 0 Å². The molecular formula is C12H15ClO4S. The van der Waals surface area contributed by atoms with Crippen LogP contribution in [0.4, 0.5) is 0 Å². The van der Waals surface area contributed by atoms with E-state index in [0.717, 1.165) is 26.1 Å². The fraction of sp³-hybridized carbons (Fsp3) is 0.500. The average molecular weight is 291 g/mol. The van der Waals surface area contributed by atoms with Crippen molar-refractivity contribution in [2.45, 2.75) is 17.7 Å². The molecule has 1 fully saturated rings. The third-order valence-electron chi connectivity index (χ3n) is 2.93. The second-order valence-corrected chi connectivity index (χ2v) is 6.84. The predicted molar refractivity (Wildman–Crippen MR) is 68.5 cm³/mol. The van der Waals surface area contributed by atoms with Crippen molar-refractivity contribution < 1.29 is 17.9 Å². The maximum atomic E-state index is 11.1. The Morgan fingerprint density at radius 3 is 2.39 bits per heavy atom. The topological polar surface area (TPSA) is 52.6 Å². The summed E-state index contributed by atoms with van der Waals surface area (Å²) in [6.45, 7) is 2.21. The summed E-state index contributed by atoms with van der Waals surface area (Å²) in [4.78, 5) is 0.0857. The Morgan fingerprint density at radius 1 is 1.22 bits per heavy atom. The van der Waals surface area contributed by atoms with Crippen molar-refractivity contribution in [2.24, 2.45) is 5.92 Å². The van der Waals surface area contributed by atoms with E-state index < -0.39 is 9.05 Å². The molecule has 0 amide bonds. The van der Waals surface area contributed by atoms with Gasteiger partial charge in [-0.3, -0.25) is 0 Å². The van der Waals surface area contributed by atoms with Gasteiger partial charge in [-0.2, -0.15) is 0 Å². The van der Waals surface area contributed by atoms with Gasteiger partial charge in [0, 0.05) is 23.9 Å². The summed E-state index contributed by atoms with van der Waals surface area (Å²) in [5.74, 6) is 1.17. The van der Waals surface area contributed by atoms with Crippen molar-refractivity contribution in [3.63, 3.8) is 0 Å². The van der Waals surface area contributed by atoms with Gasteiger partial charge in [0.1, 0.15) is 5.75 Å². The maximum absolute atomic E-state index is 11.1. The molecule has 6 heteroatoms. The van der Waals surface area contributed by atoms with E-state index >= 15 is 0 Å². The molecule has 0 saturated carbocycles. The lowest BCUT2D eigenvalue weighted by Crippen LogP contribution is -2.21. The zero-order chi connectivity index (χ0) is 13.0. The summed E-state index contributed by atoms with van der Waals surface area (Å²) in [5, 5.41) is 0. The monoisotopic (exact) mass is 290 g/mol. The Bertz CT molecular complexity index is 477. The van der Waals surface area contributed by atoms with Crippen LogP contribution in [0.5, 0.6) is 5.75 Å². The van der Waals surface area contributed by atoms with E-state index in [4.69, 9.17) is 20.2 Å². The van der Waals surface area contributed by atoms with E-state index in [-0.39, 0.29) is 4.90 Å². The van der Waals surface area contributed by atoms with Crippen molar-refractivity contribution in [3.05, 3.63) is 24.3 Å². The lowest BCUT2D eigenvalue weighted by atomic mass is 10.0. The first-order chi connectivity index (χ1) is 8.55. The van der Waals surface area contributed by atoms with Gasteiger partial charge in [0.15, 0.2) is 0 Å². The molecule has 0 bridgehead atoms. The zero-order valence-electron chi connectivity index (χ0n) is 9.84. The Hall–Kier alpha value is -0.780. The van der Waals surface area contributed by atoms with Gasteiger partial charge in [0.05, 0.1) is 11.5 Å². The summed E-state index contributed by atoms with van der Waals surface area (Å²) in [6, 6.07) is 6.13. The van der Waals surface area contributed by atoms with Gasteiger partial charge < -0.3 is 9.47 Å². The van der Waals surface area contributed by atoms with Crippen molar-refractivity contribution in [3.8, 4) is 5.75 Å². The summed E-state index contributed by atoms with van der Waals surface area (Å²) >= 11 is 0. The fourth-order valence-electron chi connectivity index (χ4n) is 1.83. The van der Waals surface area contributed by atoms with Crippen LogP contribution in [-0.4, -0.2) is 28.2 Å². The molecule has 0 aromatic heterocycles. The zero-order valence-corrected chi connectivity index (χ0v) is 11.4. The quantitative estimate of drug-likeness (QED) is 0.799. The van der Waals surface area contributed by atoms with Gasteiger partial charge in [-0.1, -0.05) is 0 Å². The number of hydrogen-bond donors (Lipinski definition) is 0. The largest absolute Gasteiger partial charge is 0.493 e. The molecule has 0 unspecified atom stereocenters. The molecule has 1 aromatic rings. The van der Waals surface area contributed by atoms with Crippen LogP contribution >= 0.6 is 10.7 Å². The molecule has 2 rings (SSSR count). The highest BCUT2D eigenvalue weighted by Crippen LogP contribution is 2.21. The van der Waals surface area contributed by atoms with Crippen LogP contribution in [0, 0.1) is 5.92 Å². The first-order valence-corrected chi connectivity index (χ1v) is 8.12. The SMILES string of the molecule is O=S(=O)(Cl)c1ccc(OCC2CCOCC2)cc1. The summed E-state index contributed by atoms with van der Waals surface area (Å²) in [7, 11) is 1.57. The Kier molecular flexibility index (Phi) is 4.48. The summed E-state index contributed by atoms with van der Waals surface area (Å²) in [6.07, 6.45) is 2.02. The number of hydrogen-bond acceptors (Lipinski definition) is 4. The van der Waals surface area contributed by atoms with Crippen LogP contribution in [0.15, 0.2) is 29.2 Å². The number of rotatable bonds is 4. The third kappa shape index (κ3) is 3.86. The van der Waals surface area contributed by atoms with Gasteiger partial charge in [-0.15, -0.1) is 0 Å². The van der Waals surface area contributed by atoms with E-state index in [1.54, 1.807) is 12.1 Å². The second-order valence-electron chi connectivity index (χ2n) is 4.28. The molecule has 1 aromatic carbocycles. The average Bonchev–Trinajstić information content (AvgIpc) is 2.37. The molecule has 1 heterocycles. The van der Waals surface area contributed by atoms with Crippen LogP contribution < -0.4 is 4.74 Å². The van der Waals surface area contributed by atoms with E-state index in [1.807, 2.05) is 0 Å². The summed E-state index contributed by atoms with van der Waals surface area (Å²) in [5.41, 5.74) is 0. The predicted octanol–water partition coefficient (Wildman–Crippen LogP) is 2.42. The minimum Gasteiger partial charge on any atom is -0.493 e. The lowest BCUT2D eigenvalue weighted by Gasteiger charge is -2.22. The molecule has 100 valence electrons. The fourth-order valence-corrected chi connectivity index (χ4v) is 2.60. The van der Waals surface area contributed by atoms with E-state index in [2.05, 4.69) is 0 Å². The molecule has 0 radical (unpaired) electrons. The number of ether oxygens (including phenoxy) is 2. The van der Waals surface area contributed by atoms with Crippen molar-refractivity contribution in [2.75, 3.05) is 19.8 Å². The Balaban J connectivity index is 1.90. The lowest BCUT2D eigenvalue weighted by molar-refractivity contribution is 0.0497. The highest BCUT2D eigenvalue weighted by Gasteiger charge is 2.14. The smallest absolute Gasteiger partial charge is 0.261 e. The van der Waals surface area contributed by atoms with Gasteiger partial charge in [0.25, 0.3) is 9.05 Å². The van der Waals surface area contributed by atoms with Crippen molar-refractivity contribution in [1.29, 1.82) is 0 Å². The maximum Gasteiger partial charge on any atom is 0.261 e. The molecule has 1 aliphatic rings. The Labute approximate surface area is 111 Å². The number of benzene rings is 1. The molecule has 4 nitrogen and oxygen atoms in total. The Morgan fingerprint density at radius 2 is 1.83 bits per heavy atom. The summed E-state index contributed by atoms with van der Waals surface area (Å²) < 4.78 is 33.0.